The Kier molecular flexibility index (Phi) is 4.88. The minimum atomic E-state index is 0.0788. The van der Waals surface area contributed by atoms with E-state index in [4.69, 9.17) is 4.74 Å². The molecule has 1 N–H and O–H groups in total. The summed E-state index contributed by atoms with van der Waals surface area (Å²) in [6.07, 6.45) is 3.69. The van der Waals surface area contributed by atoms with E-state index in [0.717, 1.165) is 36.7 Å². The Morgan fingerprint density at radius 1 is 1.26 bits per heavy atom. The van der Waals surface area contributed by atoms with Crippen molar-refractivity contribution in [2.45, 2.75) is 52.7 Å². The molecule has 1 aliphatic carbocycles. The summed E-state index contributed by atoms with van der Waals surface area (Å²) in [7, 11) is 1.76. The van der Waals surface area contributed by atoms with Crippen LogP contribution >= 0.6 is 0 Å². The Morgan fingerprint density at radius 2 is 1.89 bits per heavy atom. The predicted molar refractivity (Wildman–Crippen MR) is 76.0 cm³/mol. The number of hydrogen-bond acceptors (Lipinski definition) is 4. The minimum Gasteiger partial charge on any atom is -0.373 e. The number of rotatable bonds is 7. The summed E-state index contributed by atoms with van der Waals surface area (Å²) in [5.41, 5.74) is 3.38. The van der Waals surface area contributed by atoms with Crippen molar-refractivity contribution in [1.29, 1.82) is 0 Å². The van der Waals surface area contributed by atoms with Gasteiger partial charge in [-0.15, -0.1) is 0 Å². The van der Waals surface area contributed by atoms with Gasteiger partial charge in [-0.1, -0.05) is 6.92 Å². The van der Waals surface area contributed by atoms with Crippen LogP contribution in [0.3, 0.4) is 0 Å². The molecule has 0 aromatic carbocycles. The van der Waals surface area contributed by atoms with Crippen molar-refractivity contribution in [3.8, 4) is 0 Å². The van der Waals surface area contributed by atoms with Gasteiger partial charge in [0, 0.05) is 30.6 Å². The van der Waals surface area contributed by atoms with Gasteiger partial charge in [0.15, 0.2) is 5.82 Å². The van der Waals surface area contributed by atoms with Crippen molar-refractivity contribution < 1.29 is 4.74 Å². The first kappa shape index (κ1) is 14.4. The monoisotopic (exact) mass is 263 g/mol. The van der Waals surface area contributed by atoms with Gasteiger partial charge in [-0.25, -0.2) is 9.97 Å². The fourth-order valence-corrected chi connectivity index (χ4v) is 2.45. The molecular weight excluding hydrogens is 238 g/mol. The molecule has 1 unspecified atom stereocenters. The summed E-state index contributed by atoms with van der Waals surface area (Å²) in [4.78, 5) is 9.34. The second-order valence-corrected chi connectivity index (χ2v) is 5.40. The van der Waals surface area contributed by atoms with Crippen LogP contribution in [0.1, 0.15) is 55.1 Å². The normalized spacial score (nSPS) is 16.6. The van der Waals surface area contributed by atoms with Gasteiger partial charge in [0.25, 0.3) is 0 Å². The highest BCUT2D eigenvalue weighted by Crippen LogP contribution is 2.42. The van der Waals surface area contributed by atoms with Gasteiger partial charge in [0.2, 0.25) is 0 Å². The van der Waals surface area contributed by atoms with Crippen molar-refractivity contribution in [2.75, 3.05) is 13.7 Å². The van der Waals surface area contributed by atoms with Gasteiger partial charge in [-0.05, 0) is 45.6 Å². The first-order valence-corrected chi connectivity index (χ1v) is 7.24. The van der Waals surface area contributed by atoms with Crippen molar-refractivity contribution in [3.05, 3.63) is 22.8 Å². The molecule has 0 saturated heterocycles. The molecule has 1 atom stereocenters. The van der Waals surface area contributed by atoms with Crippen LogP contribution in [-0.2, 0) is 11.3 Å². The van der Waals surface area contributed by atoms with Crippen LogP contribution in [0.5, 0.6) is 0 Å². The smallest absolute Gasteiger partial charge is 0.157 e. The predicted octanol–water partition coefficient (Wildman–Crippen LogP) is 2.69. The molecule has 106 valence electrons. The van der Waals surface area contributed by atoms with Crippen molar-refractivity contribution in [1.82, 2.24) is 15.3 Å². The van der Waals surface area contributed by atoms with Gasteiger partial charge in [-0.2, -0.15) is 0 Å². The van der Waals surface area contributed by atoms with Crippen LogP contribution in [0.25, 0.3) is 0 Å². The zero-order valence-electron chi connectivity index (χ0n) is 12.5. The first-order valence-electron chi connectivity index (χ1n) is 7.24. The van der Waals surface area contributed by atoms with Crippen LogP contribution in [-0.4, -0.2) is 23.6 Å². The summed E-state index contributed by atoms with van der Waals surface area (Å²) in [5, 5.41) is 3.42. The molecule has 4 nitrogen and oxygen atoms in total. The third kappa shape index (κ3) is 3.51. The van der Waals surface area contributed by atoms with Gasteiger partial charge in [0.1, 0.15) is 6.10 Å². The van der Waals surface area contributed by atoms with E-state index in [-0.39, 0.29) is 6.10 Å². The largest absolute Gasteiger partial charge is 0.373 e. The third-order valence-electron chi connectivity index (χ3n) is 3.73. The Balaban J connectivity index is 2.15. The molecule has 1 fully saturated rings. The van der Waals surface area contributed by atoms with E-state index in [2.05, 4.69) is 36.1 Å². The molecule has 4 heteroatoms. The van der Waals surface area contributed by atoms with E-state index < -0.39 is 0 Å². The fourth-order valence-electron chi connectivity index (χ4n) is 2.45. The topological polar surface area (TPSA) is 47.0 Å². The summed E-state index contributed by atoms with van der Waals surface area (Å²) < 4.78 is 5.57. The fraction of sp³-hybridized carbons (Fsp3) is 0.733. The van der Waals surface area contributed by atoms with Crippen LogP contribution < -0.4 is 5.32 Å². The Hall–Kier alpha value is -1.00. The second-order valence-electron chi connectivity index (χ2n) is 5.40. The molecule has 0 aliphatic heterocycles. The molecule has 1 aliphatic rings. The summed E-state index contributed by atoms with van der Waals surface area (Å²) >= 11 is 0. The quantitative estimate of drug-likeness (QED) is 0.768. The molecule has 19 heavy (non-hydrogen) atoms. The summed E-state index contributed by atoms with van der Waals surface area (Å²) in [6.45, 7) is 8.20. The molecule has 0 spiro atoms. The number of hydrogen-bond donors (Lipinski definition) is 1. The van der Waals surface area contributed by atoms with Crippen molar-refractivity contribution in [2.24, 2.45) is 5.92 Å². The van der Waals surface area contributed by atoms with Gasteiger partial charge in [0.05, 0.1) is 0 Å². The number of aromatic nitrogens is 2. The maximum absolute atomic E-state index is 5.57. The van der Waals surface area contributed by atoms with E-state index in [9.17, 15) is 0 Å². The number of nitrogens with one attached hydrogen (secondary N) is 1. The molecule has 1 aromatic rings. The molecular formula is C15H25N3O. The zero-order chi connectivity index (χ0) is 13.8. The van der Waals surface area contributed by atoms with E-state index in [1.165, 1.54) is 18.4 Å². The molecule has 1 aromatic heterocycles. The Morgan fingerprint density at radius 3 is 2.37 bits per heavy atom. The van der Waals surface area contributed by atoms with Crippen LogP contribution in [0.15, 0.2) is 0 Å². The van der Waals surface area contributed by atoms with Crippen LogP contribution in [0, 0.1) is 19.8 Å². The number of methoxy groups -OCH3 is 1. The highest BCUT2D eigenvalue weighted by molar-refractivity contribution is 5.25. The molecule has 1 heterocycles. The molecule has 0 bridgehead atoms. The number of aryl methyl sites for hydroxylation is 2. The Bertz CT molecular complexity index is 406. The molecule has 1 saturated carbocycles. The highest BCUT2D eigenvalue weighted by atomic mass is 16.5. The van der Waals surface area contributed by atoms with Crippen molar-refractivity contribution >= 4 is 0 Å². The lowest BCUT2D eigenvalue weighted by Crippen LogP contribution is -2.19. The minimum absolute atomic E-state index is 0.0788. The van der Waals surface area contributed by atoms with Crippen LogP contribution in [0.2, 0.25) is 0 Å². The SMILES string of the molecule is CCCNCc1c(C)nc(C(OC)C2CC2)nc1C. The summed E-state index contributed by atoms with van der Waals surface area (Å²) in [6, 6.07) is 0. The zero-order valence-corrected chi connectivity index (χ0v) is 12.5. The molecule has 0 radical (unpaired) electrons. The maximum atomic E-state index is 5.57. The number of ether oxygens (including phenoxy) is 1. The van der Waals surface area contributed by atoms with Gasteiger partial charge in [-0.3, -0.25) is 0 Å². The van der Waals surface area contributed by atoms with Gasteiger partial charge < -0.3 is 10.1 Å². The lowest BCUT2D eigenvalue weighted by Gasteiger charge is -2.17. The van der Waals surface area contributed by atoms with Crippen LogP contribution in [0.4, 0.5) is 0 Å². The number of nitrogens with zero attached hydrogens (tertiary/aromatic N) is 2. The molecule has 2 rings (SSSR count). The van der Waals surface area contributed by atoms with Gasteiger partial charge >= 0.3 is 0 Å². The van der Waals surface area contributed by atoms with E-state index in [1.807, 2.05) is 0 Å². The average Bonchev–Trinajstić information content (AvgIpc) is 3.18. The second kappa shape index (κ2) is 6.44. The molecule has 0 amide bonds. The highest BCUT2D eigenvalue weighted by Gasteiger charge is 2.34. The Labute approximate surface area is 116 Å². The van der Waals surface area contributed by atoms with Crippen molar-refractivity contribution in [3.63, 3.8) is 0 Å². The van der Waals surface area contributed by atoms with E-state index >= 15 is 0 Å². The summed E-state index contributed by atoms with van der Waals surface area (Å²) in [5.74, 6) is 1.48. The third-order valence-corrected chi connectivity index (χ3v) is 3.73. The average molecular weight is 263 g/mol. The van der Waals surface area contributed by atoms with E-state index in [1.54, 1.807) is 7.11 Å². The first-order chi connectivity index (χ1) is 9.17. The lowest BCUT2D eigenvalue weighted by atomic mass is 10.1. The van der Waals surface area contributed by atoms with E-state index in [0.29, 0.717) is 5.92 Å². The maximum Gasteiger partial charge on any atom is 0.157 e. The lowest BCUT2D eigenvalue weighted by molar-refractivity contribution is 0.0768. The standard InChI is InChI=1S/C15H25N3O/c1-5-8-16-9-13-10(2)17-15(18-11(13)3)14(19-4)12-6-7-12/h12,14,16H,5-9H2,1-4H3.